The molecule has 31 heavy (non-hydrogen) atoms. The smallest absolute Gasteiger partial charge is 0.246 e. The van der Waals surface area contributed by atoms with Gasteiger partial charge in [0.1, 0.15) is 17.9 Å². The fraction of sp³-hybridized carbons (Fsp3) is 0.522. The van der Waals surface area contributed by atoms with E-state index in [1.165, 1.54) is 17.4 Å². The Bertz CT molecular complexity index is 966. The number of aromatic nitrogens is 1. The van der Waals surface area contributed by atoms with Gasteiger partial charge in [0.25, 0.3) is 0 Å². The molecule has 2 aliphatic rings. The Hall–Kier alpha value is -2.48. The number of rotatable bonds is 6. The lowest BCUT2D eigenvalue weighted by Crippen LogP contribution is -2.54. The van der Waals surface area contributed by atoms with Gasteiger partial charge in [0, 0.05) is 23.5 Å². The summed E-state index contributed by atoms with van der Waals surface area (Å²) in [7, 11) is 0. The fourth-order valence-corrected chi connectivity index (χ4v) is 4.64. The van der Waals surface area contributed by atoms with Crippen LogP contribution in [0.5, 0.6) is 0 Å². The quantitative estimate of drug-likeness (QED) is 0.705. The van der Waals surface area contributed by atoms with Crippen molar-refractivity contribution in [2.75, 3.05) is 11.9 Å². The Morgan fingerprint density at radius 1 is 1.23 bits per heavy atom. The number of amides is 2. The molecule has 2 aromatic rings. The van der Waals surface area contributed by atoms with Gasteiger partial charge in [-0.25, -0.2) is 9.37 Å². The molecule has 0 unspecified atom stereocenters. The molecule has 1 saturated heterocycles. The van der Waals surface area contributed by atoms with Crippen LogP contribution in [-0.2, 0) is 9.59 Å². The highest BCUT2D eigenvalue weighted by atomic mass is 32.1. The summed E-state index contributed by atoms with van der Waals surface area (Å²) in [6.45, 7) is 6.55. The van der Waals surface area contributed by atoms with E-state index in [-0.39, 0.29) is 23.7 Å². The molecule has 1 aliphatic heterocycles. The summed E-state index contributed by atoms with van der Waals surface area (Å²) in [5, 5.41) is 8.66. The van der Waals surface area contributed by atoms with Crippen molar-refractivity contribution in [3.8, 4) is 11.3 Å². The van der Waals surface area contributed by atoms with E-state index in [0.29, 0.717) is 29.4 Å². The highest BCUT2D eigenvalue weighted by molar-refractivity contribution is 7.14. The van der Waals surface area contributed by atoms with Crippen LogP contribution < -0.4 is 10.6 Å². The van der Waals surface area contributed by atoms with Crippen molar-refractivity contribution in [1.82, 2.24) is 15.2 Å². The average molecular weight is 445 g/mol. The van der Waals surface area contributed by atoms with Crippen LogP contribution in [0.4, 0.5) is 9.52 Å². The summed E-state index contributed by atoms with van der Waals surface area (Å²) in [5.41, 5.74) is 0.566. The van der Waals surface area contributed by atoms with Crippen LogP contribution in [0.1, 0.15) is 46.5 Å². The van der Waals surface area contributed by atoms with Gasteiger partial charge >= 0.3 is 0 Å². The van der Waals surface area contributed by atoms with Gasteiger partial charge in [-0.1, -0.05) is 32.9 Å². The average Bonchev–Trinajstić information content (AvgIpc) is 3.20. The normalized spacial score (nSPS) is 19.9. The second-order valence-corrected chi connectivity index (χ2v) is 10.3. The molecule has 0 spiro atoms. The number of thiazole rings is 1. The molecule has 1 aliphatic carbocycles. The lowest BCUT2D eigenvalue weighted by atomic mass is 9.85. The van der Waals surface area contributed by atoms with E-state index in [2.05, 4.69) is 15.6 Å². The third-order valence-corrected chi connectivity index (χ3v) is 6.57. The highest BCUT2D eigenvalue weighted by Crippen LogP contribution is 2.32. The Kier molecular flexibility index (Phi) is 6.01. The molecular weight excluding hydrogens is 415 g/mol. The van der Waals surface area contributed by atoms with Crippen molar-refractivity contribution >= 4 is 28.3 Å². The molecule has 1 aromatic heterocycles. The van der Waals surface area contributed by atoms with Gasteiger partial charge in [-0.15, -0.1) is 11.3 Å². The maximum absolute atomic E-state index is 14.1. The van der Waals surface area contributed by atoms with Crippen molar-refractivity contribution in [2.45, 2.75) is 64.6 Å². The van der Waals surface area contributed by atoms with E-state index >= 15 is 0 Å². The van der Waals surface area contributed by atoms with Crippen molar-refractivity contribution in [2.24, 2.45) is 5.41 Å². The zero-order chi connectivity index (χ0) is 22.2. The van der Waals surface area contributed by atoms with Crippen LogP contribution in [0.15, 0.2) is 29.6 Å². The molecule has 2 atom stereocenters. The van der Waals surface area contributed by atoms with Gasteiger partial charge in [-0.3, -0.25) is 9.59 Å². The molecule has 1 aromatic carbocycles. The molecule has 2 N–H and O–H groups in total. The summed E-state index contributed by atoms with van der Waals surface area (Å²) in [5.74, 6) is -0.468. The van der Waals surface area contributed by atoms with Crippen molar-refractivity contribution in [3.63, 3.8) is 0 Å². The minimum absolute atomic E-state index is 0.0444. The van der Waals surface area contributed by atoms with Crippen LogP contribution in [0.3, 0.4) is 0 Å². The predicted octanol–water partition coefficient (Wildman–Crippen LogP) is 4.05. The minimum Gasteiger partial charge on any atom is -0.352 e. The van der Waals surface area contributed by atoms with Gasteiger partial charge in [0.05, 0.1) is 5.69 Å². The van der Waals surface area contributed by atoms with E-state index in [4.69, 9.17) is 0 Å². The van der Waals surface area contributed by atoms with Crippen molar-refractivity contribution < 1.29 is 14.0 Å². The molecule has 8 heteroatoms. The van der Waals surface area contributed by atoms with Gasteiger partial charge < -0.3 is 15.5 Å². The molecule has 1 saturated carbocycles. The topological polar surface area (TPSA) is 74.3 Å². The molecule has 2 fully saturated rings. The zero-order valence-corrected chi connectivity index (χ0v) is 19.0. The highest BCUT2D eigenvalue weighted by Gasteiger charge is 2.42. The van der Waals surface area contributed by atoms with Gasteiger partial charge in [0.15, 0.2) is 5.13 Å². The lowest BCUT2D eigenvalue weighted by molar-refractivity contribution is -0.140. The Labute approximate surface area is 186 Å². The number of halogens is 1. The lowest BCUT2D eigenvalue weighted by Gasteiger charge is -2.35. The first-order chi connectivity index (χ1) is 14.7. The van der Waals surface area contributed by atoms with Crippen LogP contribution in [0.25, 0.3) is 11.3 Å². The predicted molar refractivity (Wildman–Crippen MR) is 120 cm³/mol. The number of hydrogen-bond acceptors (Lipinski definition) is 5. The van der Waals surface area contributed by atoms with Crippen LogP contribution in [0.2, 0.25) is 0 Å². The number of nitrogens with zero attached hydrogens (tertiary/aromatic N) is 2. The zero-order valence-electron chi connectivity index (χ0n) is 18.2. The van der Waals surface area contributed by atoms with Crippen molar-refractivity contribution in [3.05, 3.63) is 35.5 Å². The molecule has 2 heterocycles. The van der Waals surface area contributed by atoms with E-state index < -0.39 is 17.5 Å². The van der Waals surface area contributed by atoms with Crippen LogP contribution >= 0.6 is 11.3 Å². The van der Waals surface area contributed by atoms with E-state index in [1.54, 1.807) is 28.5 Å². The summed E-state index contributed by atoms with van der Waals surface area (Å²) in [6.07, 6.45) is 3.55. The fourth-order valence-electron chi connectivity index (χ4n) is 3.90. The van der Waals surface area contributed by atoms with Crippen LogP contribution in [0, 0.1) is 11.2 Å². The number of anilines is 1. The van der Waals surface area contributed by atoms with Gasteiger partial charge in [0.2, 0.25) is 11.8 Å². The molecule has 2 amide bonds. The van der Waals surface area contributed by atoms with Gasteiger partial charge in [-0.2, -0.15) is 0 Å². The third-order valence-electron chi connectivity index (χ3n) is 5.80. The molecule has 6 nitrogen and oxygen atoms in total. The first-order valence-corrected chi connectivity index (χ1v) is 11.7. The maximum atomic E-state index is 14.1. The molecular formula is C23H29FN4O2S. The Morgan fingerprint density at radius 3 is 2.65 bits per heavy atom. The second-order valence-electron chi connectivity index (χ2n) is 9.43. The summed E-state index contributed by atoms with van der Waals surface area (Å²) in [6, 6.07) is 5.81. The largest absolute Gasteiger partial charge is 0.352 e. The van der Waals surface area contributed by atoms with E-state index in [9.17, 15) is 14.0 Å². The van der Waals surface area contributed by atoms with Crippen molar-refractivity contribution in [1.29, 1.82) is 0 Å². The first-order valence-electron chi connectivity index (χ1n) is 10.8. The Balaban J connectivity index is 1.52. The Morgan fingerprint density at radius 2 is 1.97 bits per heavy atom. The standard InChI is InChI=1S/C23H29FN4O2S/c1-23(2,3)19(21(30)28-12-6-9-18(28)20(29)25-14-10-11-14)27-22-26-17(13-31-22)15-7-4-5-8-16(15)24/h4-5,7-8,13-14,18-19H,6,9-12H2,1-3H3,(H,25,29)(H,26,27)/t18-,19+/m0/s1. The SMILES string of the molecule is CC(C)(C)[C@H](Nc1nc(-c2ccccc2F)cs1)C(=O)N1CCC[C@H]1C(=O)NC1CC1. The minimum atomic E-state index is -0.554. The number of hydrogen-bond donors (Lipinski definition) is 2. The second kappa shape index (κ2) is 8.57. The van der Waals surface area contributed by atoms with Gasteiger partial charge in [-0.05, 0) is 43.2 Å². The van der Waals surface area contributed by atoms with Crippen LogP contribution in [-0.4, -0.2) is 46.4 Å². The van der Waals surface area contributed by atoms with E-state index in [0.717, 1.165) is 19.3 Å². The molecule has 0 bridgehead atoms. The summed E-state index contributed by atoms with van der Waals surface area (Å²) in [4.78, 5) is 32.4. The summed E-state index contributed by atoms with van der Waals surface area (Å²) >= 11 is 1.34. The molecule has 0 radical (unpaired) electrons. The maximum Gasteiger partial charge on any atom is 0.246 e. The number of carbonyl (C=O) groups excluding carboxylic acids is 2. The summed E-state index contributed by atoms with van der Waals surface area (Å²) < 4.78 is 14.1. The first kappa shape index (κ1) is 21.7. The number of carbonyl (C=O) groups is 2. The number of benzene rings is 1. The number of nitrogens with one attached hydrogen (secondary N) is 2. The molecule has 4 rings (SSSR count). The third kappa shape index (κ3) is 4.89. The van der Waals surface area contributed by atoms with E-state index in [1.807, 2.05) is 20.8 Å². The molecule has 166 valence electrons. The monoisotopic (exact) mass is 444 g/mol. The number of likely N-dealkylation sites (tertiary alicyclic amines) is 1.